The molecule has 0 radical (unpaired) electrons. The first-order valence-corrected chi connectivity index (χ1v) is 7.15. The molecule has 1 aromatic heterocycles. The number of carbonyl (C=O) groups is 1. The molecule has 0 amide bonds. The molecule has 0 saturated carbocycles. The van der Waals surface area contributed by atoms with Crippen LogP contribution in [-0.2, 0) is 11.2 Å². The van der Waals surface area contributed by atoms with Crippen LogP contribution < -0.4 is 5.56 Å². The number of carboxylic acids is 1. The van der Waals surface area contributed by atoms with E-state index in [0.717, 1.165) is 5.56 Å². The second-order valence-corrected chi connectivity index (χ2v) is 5.67. The van der Waals surface area contributed by atoms with E-state index in [1.165, 1.54) is 6.33 Å². The van der Waals surface area contributed by atoms with Gasteiger partial charge >= 0.3 is 5.97 Å². The van der Waals surface area contributed by atoms with Gasteiger partial charge in [0.1, 0.15) is 9.49 Å². The number of nitrogens with zero attached hydrogens (tertiary/aromatic N) is 1. The maximum atomic E-state index is 11.6. The van der Waals surface area contributed by atoms with Crippen molar-refractivity contribution in [3.8, 4) is 0 Å². The predicted octanol–water partition coefficient (Wildman–Crippen LogP) is 2.44. The third-order valence-electron chi connectivity index (χ3n) is 2.78. The van der Waals surface area contributed by atoms with E-state index in [2.05, 4.69) is 9.97 Å². The number of halogens is 2. The Morgan fingerprint density at radius 2 is 2.25 bits per heavy atom. The van der Waals surface area contributed by atoms with Gasteiger partial charge in [-0.05, 0) is 46.7 Å². The number of rotatable bonds is 4. The predicted molar refractivity (Wildman–Crippen MR) is 83.1 cm³/mol. The average molecular weight is 405 g/mol. The third kappa shape index (κ3) is 3.37. The second kappa shape index (κ2) is 6.36. The summed E-state index contributed by atoms with van der Waals surface area (Å²) in [5.41, 5.74) is 0.706. The second-order valence-electron chi connectivity index (χ2n) is 4.16. The molecule has 0 saturated heterocycles. The number of carboxylic acid groups (broad SMARTS) is 1. The van der Waals surface area contributed by atoms with Crippen molar-refractivity contribution < 1.29 is 9.90 Å². The summed E-state index contributed by atoms with van der Waals surface area (Å²) in [4.78, 5) is 29.4. The number of hydrogen-bond donors (Lipinski definition) is 2. The first kappa shape index (κ1) is 15.0. The van der Waals surface area contributed by atoms with E-state index in [4.69, 9.17) is 11.6 Å². The number of H-pyrrole nitrogens is 1. The summed E-state index contributed by atoms with van der Waals surface area (Å²) in [6, 6.07) is 6.97. The van der Waals surface area contributed by atoms with Crippen LogP contribution in [0.2, 0.25) is 5.02 Å². The Hall–Kier alpha value is -1.41. The van der Waals surface area contributed by atoms with Crippen LogP contribution in [0.5, 0.6) is 0 Å². The Morgan fingerprint density at radius 1 is 1.50 bits per heavy atom. The van der Waals surface area contributed by atoms with Crippen molar-refractivity contribution in [2.24, 2.45) is 0 Å². The zero-order valence-electron chi connectivity index (χ0n) is 10.1. The molecule has 0 spiro atoms. The lowest BCUT2D eigenvalue weighted by Gasteiger charge is -2.13. The fourth-order valence-electron chi connectivity index (χ4n) is 1.84. The fraction of sp³-hybridized carbons (Fsp3) is 0.154. The molecule has 1 unspecified atom stereocenters. The van der Waals surface area contributed by atoms with Gasteiger partial charge in [-0.25, -0.2) is 4.98 Å². The quantitative estimate of drug-likeness (QED) is 0.767. The van der Waals surface area contributed by atoms with Crippen molar-refractivity contribution in [1.29, 1.82) is 0 Å². The van der Waals surface area contributed by atoms with Crippen LogP contribution in [0.4, 0.5) is 0 Å². The normalized spacial score (nSPS) is 12.1. The van der Waals surface area contributed by atoms with E-state index >= 15 is 0 Å². The zero-order chi connectivity index (χ0) is 14.7. The van der Waals surface area contributed by atoms with Crippen molar-refractivity contribution in [3.63, 3.8) is 0 Å². The van der Waals surface area contributed by atoms with Crippen LogP contribution in [0.1, 0.15) is 17.2 Å². The molecule has 1 atom stereocenters. The lowest BCUT2D eigenvalue weighted by Crippen LogP contribution is -2.22. The monoisotopic (exact) mass is 404 g/mol. The minimum absolute atomic E-state index is 0.225. The largest absolute Gasteiger partial charge is 0.481 e. The van der Waals surface area contributed by atoms with Crippen LogP contribution in [0.3, 0.4) is 0 Å². The molecule has 0 aliphatic carbocycles. The highest BCUT2D eigenvalue weighted by Crippen LogP contribution is 2.23. The highest BCUT2D eigenvalue weighted by atomic mass is 127. The summed E-state index contributed by atoms with van der Waals surface area (Å²) in [7, 11) is 0. The Kier molecular flexibility index (Phi) is 4.77. The summed E-state index contributed by atoms with van der Waals surface area (Å²) in [6.45, 7) is 0. The number of aromatic amines is 1. The molecule has 5 nitrogen and oxygen atoms in total. The van der Waals surface area contributed by atoms with E-state index < -0.39 is 11.9 Å². The molecule has 2 N–H and O–H groups in total. The van der Waals surface area contributed by atoms with Crippen molar-refractivity contribution in [2.75, 3.05) is 0 Å². The van der Waals surface area contributed by atoms with Crippen molar-refractivity contribution in [3.05, 3.63) is 60.8 Å². The van der Waals surface area contributed by atoms with Gasteiger partial charge in [-0.2, -0.15) is 0 Å². The first-order valence-electron chi connectivity index (χ1n) is 5.69. The van der Waals surface area contributed by atoms with E-state index in [9.17, 15) is 14.7 Å². The van der Waals surface area contributed by atoms with Crippen LogP contribution in [0.15, 0.2) is 35.4 Å². The van der Waals surface area contributed by atoms with Crippen LogP contribution in [-0.4, -0.2) is 21.0 Å². The summed E-state index contributed by atoms with van der Waals surface area (Å²) in [5, 5.41) is 9.93. The first-order chi connectivity index (χ1) is 9.49. The molecule has 0 aliphatic rings. The highest BCUT2D eigenvalue weighted by Gasteiger charge is 2.25. The van der Waals surface area contributed by atoms with Gasteiger partial charge in [-0.3, -0.25) is 9.59 Å². The van der Waals surface area contributed by atoms with E-state index in [1.807, 2.05) is 22.6 Å². The fourth-order valence-corrected chi connectivity index (χ4v) is 2.72. The number of aliphatic carboxylic acids is 1. The van der Waals surface area contributed by atoms with Crippen LogP contribution in [0, 0.1) is 3.57 Å². The van der Waals surface area contributed by atoms with Gasteiger partial charge < -0.3 is 10.1 Å². The molecule has 1 heterocycles. The molecule has 2 rings (SSSR count). The molecule has 0 aliphatic heterocycles. The maximum absolute atomic E-state index is 11.6. The van der Waals surface area contributed by atoms with Crippen molar-refractivity contribution in [2.45, 2.75) is 12.3 Å². The molecular formula is C13H10ClIN2O3. The van der Waals surface area contributed by atoms with E-state index in [0.29, 0.717) is 8.59 Å². The Morgan fingerprint density at radius 3 is 2.90 bits per heavy atom. The van der Waals surface area contributed by atoms with Gasteiger partial charge in [-0.1, -0.05) is 23.7 Å². The third-order valence-corrected chi connectivity index (χ3v) is 4.06. The van der Waals surface area contributed by atoms with Gasteiger partial charge in [0.25, 0.3) is 5.56 Å². The molecule has 2 aromatic rings. The number of benzene rings is 1. The molecular weight excluding hydrogens is 395 g/mol. The Bertz CT molecular complexity index is 702. The van der Waals surface area contributed by atoms with Crippen LogP contribution in [0.25, 0.3) is 0 Å². The molecule has 20 heavy (non-hydrogen) atoms. The Balaban J connectivity index is 2.40. The minimum Gasteiger partial charge on any atom is -0.481 e. The van der Waals surface area contributed by atoms with Gasteiger partial charge in [0, 0.05) is 5.02 Å². The van der Waals surface area contributed by atoms with E-state index in [-0.39, 0.29) is 17.7 Å². The highest BCUT2D eigenvalue weighted by molar-refractivity contribution is 14.1. The number of aromatic nitrogens is 2. The van der Waals surface area contributed by atoms with Gasteiger partial charge in [0.2, 0.25) is 0 Å². The van der Waals surface area contributed by atoms with Gasteiger partial charge in [0.05, 0.1) is 12.0 Å². The number of nitrogens with one attached hydrogen (secondary N) is 1. The summed E-state index contributed by atoms with van der Waals surface area (Å²) in [6.07, 6.45) is 1.44. The topological polar surface area (TPSA) is 83.0 Å². The molecule has 0 fully saturated rings. The molecule has 0 bridgehead atoms. The zero-order valence-corrected chi connectivity index (χ0v) is 13.1. The Labute approximate surface area is 133 Å². The minimum atomic E-state index is -1.03. The van der Waals surface area contributed by atoms with Crippen molar-refractivity contribution >= 4 is 40.2 Å². The van der Waals surface area contributed by atoms with E-state index in [1.54, 1.807) is 24.3 Å². The van der Waals surface area contributed by atoms with Gasteiger partial charge in [-0.15, -0.1) is 0 Å². The standard InChI is InChI=1S/C13H10ClIN2O3/c14-8-3-1-2-7(4-8)5-9(13(19)20)11-10(15)12(18)17-6-16-11/h1-4,6,9H,5H2,(H,19,20)(H,16,17,18). The molecule has 7 heteroatoms. The maximum Gasteiger partial charge on any atom is 0.312 e. The summed E-state index contributed by atoms with van der Waals surface area (Å²) < 4.78 is 0.291. The van der Waals surface area contributed by atoms with Crippen molar-refractivity contribution in [1.82, 2.24) is 9.97 Å². The van der Waals surface area contributed by atoms with Crippen LogP contribution >= 0.6 is 34.2 Å². The van der Waals surface area contributed by atoms with Gasteiger partial charge in [0.15, 0.2) is 0 Å². The lowest BCUT2D eigenvalue weighted by atomic mass is 9.96. The average Bonchev–Trinajstić information content (AvgIpc) is 2.39. The molecule has 104 valence electrons. The summed E-state index contributed by atoms with van der Waals surface area (Å²) in [5.74, 6) is -1.91. The smallest absolute Gasteiger partial charge is 0.312 e. The SMILES string of the molecule is O=C(O)C(Cc1cccc(Cl)c1)c1nc[nH]c(=O)c1I. The molecule has 1 aromatic carbocycles. The number of hydrogen-bond acceptors (Lipinski definition) is 3. The summed E-state index contributed by atoms with van der Waals surface area (Å²) >= 11 is 7.70. The lowest BCUT2D eigenvalue weighted by molar-refractivity contribution is -0.138.